The number of carbonyl (C=O) groups is 1. The zero-order chi connectivity index (χ0) is 19.8. The molecule has 1 N–H and O–H groups in total. The van der Waals surface area contributed by atoms with Gasteiger partial charge in [-0.3, -0.25) is 4.79 Å². The van der Waals surface area contributed by atoms with Gasteiger partial charge >= 0.3 is 0 Å². The van der Waals surface area contributed by atoms with E-state index >= 15 is 0 Å². The molecule has 5 nitrogen and oxygen atoms in total. The Morgan fingerprint density at radius 2 is 1.93 bits per heavy atom. The van der Waals surface area contributed by atoms with E-state index in [2.05, 4.69) is 51.9 Å². The second kappa shape index (κ2) is 10.6. The van der Waals surface area contributed by atoms with Crippen LogP contribution in [-0.4, -0.2) is 28.1 Å². The van der Waals surface area contributed by atoms with Gasteiger partial charge in [-0.1, -0.05) is 88.4 Å². The molecule has 1 aromatic heterocycles. The lowest BCUT2D eigenvalue weighted by Crippen LogP contribution is -2.19. The predicted octanol–water partition coefficient (Wildman–Crippen LogP) is 5.03. The number of halogens is 1. The fourth-order valence-corrected chi connectivity index (χ4v) is 5.04. The Kier molecular flexibility index (Phi) is 7.90. The van der Waals surface area contributed by atoms with Crippen LogP contribution in [-0.2, 0) is 10.5 Å². The molecule has 2 aromatic carbocycles. The molecule has 0 aliphatic rings. The van der Waals surface area contributed by atoms with Crippen LogP contribution < -0.4 is 5.43 Å². The van der Waals surface area contributed by atoms with Crippen molar-refractivity contribution in [3.8, 4) is 0 Å². The molecule has 9 heteroatoms. The summed E-state index contributed by atoms with van der Waals surface area (Å²) in [7, 11) is 0. The Bertz CT molecular complexity index is 960. The van der Waals surface area contributed by atoms with Crippen molar-refractivity contribution in [2.75, 3.05) is 5.75 Å². The van der Waals surface area contributed by atoms with E-state index in [0.29, 0.717) is 5.02 Å². The number of hydrogen-bond acceptors (Lipinski definition) is 7. The fraction of sp³-hybridized carbons (Fsp3) is 0.158. The third-order valence-electron chi connectivity index (χ3n) is 3.45. The molecule has 0 spiro atoms. The standard InChI is InChI=1S/C19H17ClN4OS3/c1-13-5-7-14(8-6-13)11-26-18-23-24-19(28-18)27-12-17(25)22-21-10-15-3-2-4-16(20)9-15/h2-10H,11-12H2,1H3,(H,22,25)/b21-10+. The maximum atomic E-state index is 11.9. The van der Waals surface area contributed by atoms with E-state index in [0.717, 1.165) is 20.0 Å². The molecule has 0 atom stereocenters. The maximum Gasteiger partial charge on any atom is 0.250 e. The lowest BCUT2D eigenvalue weighted by Gasteiger charge is -1.99. The molecule has 144 valence electrons. The first-order valence-electron chi connectivity index (χ1n) is 8.30. The molecule has 0 unspecified atom stereocenters. The summed E-state index contributed by atoms with van der Waals surface area (Å²) in [5.74, 6) is 0.870. The SMILES string of the molecule is Cc1ccc(CSc2nnc(SCC(=O)N/N=C/c3cccc(Cl)c3)s2)cc1. The number of carbonyl (C=O) groups excluding carboxylic acids is 1. The van der Waals surface area contributed by atoms with Crippen molar-refractivity contribution in [1.82, 2.24) is 15.6 Å². The zero-order valence-electron chi connectivity index (χ0n) is 15.0. The number of aromatic nitrogens is 2. The van der Waals surface area contributed by atoms with Gasteiger partial charge in [0.25, 0.3) is 5.91 Å². The van der Waals surface area contributed by atoms with E-state index in [1.807, 2.05) is 12.1 Å². The smallest absolute Gasteiger partial charge is 0.250 e. The van der Waals surface area contributed by atoms with E-state index in [9.17, 15) is 4.79 Å². The summed E-state index contributed by atoms with van der Waals surface area (Å²) in [5.41, 5.74) is 5.81. The Labute approximate surface area is 181 Å². The second-order valence-electron chi connectivity index (χ2n) is 5.75. The van der Waals surface area contributed by atoms with Gasteiger partial charge in [-0.25, -0.2) is 5.43 Å². The lowest BCUT2D eigenvalue weighted by atomic mass is 10.2. The minimum atomic E-state index is -0.202. The third-order valence-corrected chi connectivity index (χ3v) is 6.95. The van der Waals surface area contributed by atoms with E-state index in [-0.39, 0.29) is 11.7 Å². The van der Waals surface area contributed by atoms with E-state index in [1.165, 1.54) is 34.2 Å². The highest BCUT2D eigenvalue weighted by molar-refractivity contribution is 8.03. The van der Waals surface area contributed by atoms with Crippen molar-refractivity contribution < 1.29 is 4.79 Å². The first-order chi connectivity index (χ1) is 13.6. The summed E-state index contributed by atoms with van der Waals surface area (Å²) in [6, 6.07) is 15.7. The van der Waals surface area contributed by atoms with E-state index in [4.69, 9.17) is 11.6 Å². The highest BCUT2D eigenvalue weighted by Crippen LogP contribution is 2.30. The van der Waals surface area contributed by atoms with Crippen LogP contribution in [0.5, 0.6) is 0 Å². The summed E-state index contributed by atoms with van der Waals surface area (Å²) in [5, 5.41) is 12.9. The number of hydrogen-bond donors (Lipinski definition) is 1. The monoisotopic (exact) mass is 448 g/mol. The Morgan fingerprint density at radius 3 is 2.68 bits per heavy atom. The molecule has 0 saturated carbocycles. The molecular weight excluding hydrogens is 432 g/mol. The Balaban J connectivity index is 1.41. The Morgan fingerprint density at radius 1 is 1.18 bits per heavy atom. The molecule has 0 aliphatic heterocycles. The summed E-state index contributed by atoms with van der Waals surface area (Å²) < 4.78 is 1.66. The average Bonchev–Trinajstić information content (AvgIpc) is 3.14. The van der Waals surface area contributed by atoms with Crippen molar-refractivity contribution in [1.29, 1.82) is 0 Å². The van der Waals surface area contributed by atoms with Gasteiger partial charge in [-0.2, -0.15) is 5.10 Å². The van der Waals surface area contributed by atoms with Crippen LogP contribution in [0.1, 0.15) is 16.7 Å². The van der Waals surface area contributed by atoms with E-state index in [1.54, 1.807) is 30.1 Å². The van der Waals surface area contributed by atoms with Crippen molar-refractivity contribution in [3.05, 3.63) is 70.2 Å². The Hall–Kier alpha value is -1.87. The zero-order valence-corrected chi connectivity index (χ0v) is 18.2. The molecular formula is C19H17ClN4OS3. The lowest BCUT2D eigenvalue weighted by molar-refractivity contribution is -0.118. The van der Waals surface area contributed by atoms with Crippen LogP contribution >= 0.6 is 46.5 Å². The summed E-state index contributed by atoms with van der Waals surface area (Å²) in [4.78, 5) is 11.9. The van der Waals surface area contributed by atoms with Gasteiger partial charge in [0.2, 0.25) is 0 Å². The van der Waals surface area contributed by atoms with Crippen LogP contribution in [0, 0.1) is 6.92 Å². The number of nitrogens with one attached hydrogen (secondary N) is 1. The highest BCUT2D eigenvalue weighted by Gasteiger charge is 2.08. The predicted molar refractivity (Wildman–Crippen MR) is 119 cm³/mol. The number of rotatable bonds is 8. The molecule has 0 radical (unpaired) electrons. The molecule has 1 heterocycles. The third kappa shape index (κ3) is 6.94. The van der Waals surface area contributed by atoms with Crippen molar-refractivity contribution in [3.63, 3.8) is 0 Å². The number of thioether (sulfide) groups is 2. The summed E-state index contributed by atoms with van der Waals surface area (Å²) in [6.07, 6.45) is 1.55. The topological polar surface area (TPSA) is 67.2 Å². The first kappa shape index (κ1) is 20.9. The first-order valence-corrected chi connectivity index (χ1v) is 11.5. The van der Waals surface area contributed by atoms with Gasteiger partial charge in [0.1, 0.15) is 0 Å². The molecule has 28 heavy (non-hydrogen) atoms. The highest BCUT2D eigenvalue weighted by atomic mass is 35.5. The van der Waals surface area contributed by atoms with Crippen LogP contribution in [0.25, 0.3) is 0 Å². The number of hydrazone groups is 1. The van der Waals surface area contributed by atoms with Crippen molar-refractivity contribution >= 4 is 58.6 Å². The fourth-order valence-electron chi connectivity index (χ4n) is 2.07. The normalized spacial score (nSPS) is 11.1. The van der Waals surface area contributed by atoms with Crippen molar-refractivity contribution in [2.24, 2.45) is 5.10 Å². The van der Waals surface area contributed by atoms with Gasteiger partial charge in [-0.15, -0.1) is 10.2 Å². The molecule has 0 bridgehead atoms. The van der Waals surface area contributed by atoms with Crippen LogP contribution in [0.15, 0.2) is 62.3 Å². The molecule has 3 rings (SSSR count). The van der Waals surface area contributed by atoms with E-state index < -0.39 is 0 Å². The second-order valence-corrected chi connectivity index (χ2v) is 9.60. The number of aryl methyl sites for hydroxylation is 1. The average molecular weight is 449 g/mol. The number of nitrogens with zero attached hydrogens (tertiary/aromatic N) is 3. The summed E-state index contributed by atoms with van der Waals surface area (Å²) >= 11 is 10.4. The quantitative estimate of drug-likeness (QED) is 0.297. The minimum Gasteiger partial charge on any atom is -0.272 e. The molecule has 1 amide bonds. The molecule has 3 aromatic rings. The van der Waals surface area contributed by atoms with Gasteiger partial charge < -0.3 is 0 Å². The maximum absolute atomic E-state index is 11.9. The van der Waals surface area contributed by atoms with Crippen molar-refractivity contribution in [2.45, 2.75) is 21.4 Å². The van der Waals surface area contributed by atoms with Crippen LogP contribution in [0.3, 0.4) is 0 Å². The number of amides is 1. The summed E-state index contributed by atoms with van der Waals surface area (Å²) in [6.45, 7) is 2.07. The van der Waals surface area contributed by atoms with Gasteiger partial charge in [0.05, 0.1) is 12.0 Å². The number of benzene rings is 2. The van der Waals surface area contributed by atoms with Crippen LogP contribution in [0.4, 0.5) is 0 Å². The van der Waals surface area contributed by atoms with Crippen LogP contribution in [0.2, 0.25) is 5.02 Å². The largest absolute Gasteiger partial charge is 0.272 e. The molecule has 0 fully saturated rings. The van der Waals surface area contributed by atoms with Gasteiger partial charge in [0, 0.05) is 10.8 Å². The molecule has 0 aliphatic carbocycles. The van der Waals surface area contributed by atoms with Gasteiger partial charge in [0.15, 0.2) is 8.68 Å². The molecule has 0 saturated heterocycles. The van der Waals surface area contributed by atoms with Gasteiger partial charge in [-0.05, 0) is 30.2 Å². The minimum absolute atomic E-state index is 0.202.